The molecule has 1 unspecified atom stereocenters. The Labute approximate surface area is 140 Å². The van der Waals surface area contributed by atoms with Gasteiger partial charge in [0.05, 0.1) is 0 Å². The number of benzene rings is 2. The van der Waals surface area contributed by atoms with Crippen LogP contribution in [-0.2, 0) is 4.79 Å². The molecule has 0 aliphatic rings. The number of hydrogen-bond donors (Lipinski definition) is 2. The van der Waals surface area contributed by atoms with E-state index in [1.165, 1.54) is 25.1 Å². The Kier molecular flexibility index (Phi) is 5.70. The first-order valence-electron chi connectivity index (χ1n) is 6.74. The zero-order valence-electron chi connectivity index (χ0n) is 12.2. The van der Waals surface area contributed by atoms with Crippen LogP contribution in [0, 0.1) is 5.82 Å². The Morgan fingerprint density at radius 2 is 1.87 bits per heavy atom. The highest BCUT2D eigenvalue weighted by molar-refractivity contribution is 9.10. The van der Waals surface area contributed by atoms with Crippen molar-refractivity contribution in [2.45, 2.75) is 13.0 Å². The van der Waals surface area contributed by atoms with Crippen molar-refractivity contribution in [2.24, 2.45) is 0 Å². The number of nitrogens with one attached hydrogen (secondary N) is 2. The van der Waals surface area contributed by atoms with Gasteiger partial charge in [-0.2, -0.15) is 0 Å². The lowest BCUT2D eigenvalue weighted by Gasteiger charge is -2.15. The summed E-state index contributed by atoms with van der Waals surface area (Å²) < 4.78 is 19.4. The fraction of sp³-hybridized carbons (Fsp3) is 0.125. The number of para-hydroxylation sites is 1. The fourth-order valence-electron chi connectivity index (χ4n) is 1.71. The van der Waals surface area contributed by atoms with Gasteiger partial charge in [-0.3, -0.25) is 20.4 Å². The molecule has 5 nitrogen and oxygen atoms in total. The topological polar surface area (TPSA) is 67.4 Å². The van der Waals surface area contributed by atoms with Gasteiger partial charge < -0.3 is 4.74 Å². The van der Waals surface area contributed by atoms with Gasteiger partial charge in [0.15, 0.2) is 17.7 Å². The molecule has 0 saturated carbocycles. The van der Waals surface area contributed by atoms with Crippen molar-refractivity contribution >= 4 is 27.7 Å². The summed E-state index contributed by atoms with van der Waals surface area (Å²) in [5.41, 5.74) is 4.89. The Bertz CT molecular complexity index is 724. The predicted octanol–water partition coefficient (Wildman–Crippen LogP) is 2.82. The largest absolute Gasteiger partial charge is 0.478 e. The molecule has 0 aromatic heterocycles. The molecule has 2 aromatic rings. The highest BCUT2D eigenvalue weighted by Crippen LogP contribution is 2.17. The summed E-state index contributed by atoms with van der Waals surface area (Å²) in [7, 11) is 0. The highest BCUT2D eigenvalue weighted by Gasteiger charge is 2.17. The van der Waals surface area contributed by atoms with Crippen LogP contribution >= 0.6 is 15.9 Å². The van der Waals surface area contributed by atoms with Crippen molar-refractivity contribution in [1.82, 2.24) is 10.9 Å². The van der Waals surface area contributed by atoms with Crippen LogP contribution in [0.25, 0.3) is 0 Å². The molecule has 0 aliphatic carbocycles. The van der Waals surface area contributed by atoms with Gasteiger partial charge in [0.2, 0.25) is 0 Å². The first-order valence-corrected chi connectivity index (χ1v) is 7.53. The van der Waals surface area contributed by atoms with E-state index in [9.17, 15) is 14.0 Å². The minimum Gasteiger partial charge on any atom is -0.478 e. The van der Waals surface area contributed by atoms with Gasteiger partial charge in [-0.25, -0.2) is 4.39 Å². The molecule has 0 spiro atoms. The standard InChI is InChI=1S/C16H14BrFN2O3/c1-10(23-14-8-3-2-7-13(14)18)15(21)19-20-16(22)11-5-4-6-12(17)9-11/h2-10H,1H3,(H,19,21)(H,20,22). The van der Waals surface area contributed by atoms with Crippen molar-refractivity contribution < 1.29 is 18.7 Å². The van der Waals surface area contributed by atoms with Crippen molar-refractivity contribution in [3.8, 4) is 5.75 Å². The summed E-state index contributed by atoms with van der Waals surface area (Å²) in [4.78, 5) is 23.8. The second-order valence-corrected chi connectivity index (χ2v) is 5.56. The van der Waals surface area contributed by atoms with E-state index in [1.54, 1.807) is 30.3 Å². The number of rotatable bonds is 4. The summed E-state index contributed by atoms with van der Waals surface area (Å²) >= 11 is 3.25. The zero-order chi connectivity index (χ0) is 16.8. The average molecular weight is 381 g/mol. The maximum Gasteiger partial charge on any atom is 0.279 e. The summed E-state index contributed by atoms with van der Waals surface area (Å²) in [6.07, 6.45) is -0.977. The molecule has 0 aliphatic heterocycles. The molecular formula is C16H14BrFN2O3. The Morgan fingerprint density at radius 1 is 1.13 bits per heavy atom. The van der Waals surface area contributed by atoms with Crippen LogP contribution in [-0.4, -0.2) is 17.9 Å². The van der Waals surface area contributed by atoms with Crippen molar-refractivity contribution in [3.05, 3.63) is 64.4 Å². The van der Waals surface area contributed by atoms with Crippen molar-refractivity contribution in [3.63, 3.8) is 0 Å². The van der Waals surface area contributed by atoms with Gasteiger partial charge >= 0.3 is 0 Å². The molecule has 0 saturated heterocycles. The maximum absolute atomic E-state index is 13.5. The van der Waals surface area contributed by atoms with Crippen LogP contribution in [0.15, 0.2) is 53.0 Å². The number of amides is 2. The smallest absolute Gasteiger partial charge is 0.279 e. The van der Waals surface area contributed by atoms with E-state index in [-0.39, 0.29) is 5.75 Å². The van der Waals surface area contributed by atoms with E-state index in [0.717, 1.165) is 4.47 Å². The van der Waals surface area contributed by atoms with E-state index in [4.69, 9.17) is 4.74 Å². The number of carbonyl (C=O) groups excluding carboxylic acids is 2. The third-order valence-electron chi connectivity index (χ3n) is 2.90. The Balaban J connectivity index is 1.89. The molecule has 2 rings (SSSR count). The molecule has 2 aromatic carbocycles. The zero-order valence-corrected chi connectivity index (χ0v) is 13.8. The number of halogens is 2. The SMILES string of the molecule is CC(Oc1ccccc1F)C(=O)NNC(=O)c1cccc(Br)c1. The van der Waals surface area contributed by atoms with E-state index in [1.807, 2.05) is 0 Å². The summed E-state index contributed by atoms with van der Waals surface area (Å²) in [5, 5.41) is 0. The van der Waals surface area contributed by atoms with Crippen LogP contribution < -0.4 is 15.6 Å². The average Bonchev–Trinajstić information content (AvgIpc) is 2.54. The molecule has 2 amide bonds. The Morgan fingerprint density at radius 3 is 2.57 bits per heavy atom. The minimum atomic E-state index is -0.977. The lowest BCUT2D eigenvalue weighted by Crippen LogP contribution is -2.47. The number of ether oxygens (including phenoxy) is 1. The third-order valence-corrected chi connectivity index (χ3v) is 3.39. The Hall–Kier alpha value is -2.41. The van der Waals surface area contributed by atoms with E-state index in [2.05, 4.69) is 26.8 Å². The van der Waals surface area contributed by atoms with Crippen molar-refractivity contribution in [2.75, 3.05) is 0 Å². The molecule has 1 atom stereocenters. The minimum absolute atomic E-state index is 0.0338. The van der Waals surface area contributed by atoms with Gasteiger partial charge in [0.25, 0.3) is 11.8 Å². The second kappa shape index (κ2) is 7.73. The molecule has 23 heavy (non-hydrogen) atoms. The van der Waals surface area contributed by atoms with Gasteiger partial charge in [-0.1, -0.05) is 34.1 Å². The molecule has 120 valence electrons. The fourth-order valence-corrected chi connectivity index (χ4v) is 2.11. The van der Waals surface area contributed by atoms with Crippen LogP contribution in [0.3, 0.4) is 0 Å². The van der Waals surface area contributed by atoms with Gasteiger partial charge in [0.1, 0.15) is 0 Å². The number of hydrazine groups is 1. The van der Waals surface area contributed by atoms with Gasteiger partial charge in [0, 0.05) is 10.0 Å². The molecule has 0 fully saturated rings. The normalized spacial score (nSPS) is 11.4. The van der Waals surface area contributed by atoms with E-state index in [0.29, 0.717) is 5.56 Å². The van der Waals surface area contributed by atoms with Crippen molar-refractivity contribution in [1.29, 1.82) is 0 Å². The van der Waals surface area contributed by atoms with Crippen LogP contribution in [0.4, 0.5) is 4.39 Å². The molecule has 0 heterocycles. The van der Waals surface area contributed by atoms with E-state index >= 15 is 0 Å². The van der Waals surface area contributed by atoms with Crippen LogP contribution in [0.5, 0.6) is 5.75 Å². The van der Waals surface area contributed by atoms with Crippen LogP contribution in [0.1, 0.15) is 17.3 Å². The lowest BCUT2D eigenvalue weighted by atomic mass is 10.2. The molecule has 2 N–H and O–H groups in total. The lowest BCUT2D eigenvalue weighted by molar-refractivity contribution is -0.128. The second-order valence-electron chi connectivity index (χ2n) is 4.64. The highest BCUT2D eigenvalue weighted by atomic mass is 79.9. The summed E-state index contributed by atoms with van der Waals surface area (Å²) in [6.45, 7) is 1.45. The summed E-state index contributed by atoms with van der Waals surface area (Å²) in [6, 6.07) is 12.5. The molecular weight excluding hydrogens is 367 g/mol. The molecule has 7 heteroatoms. The van der Waals surface area contributed by atoms with Gasteiger partial charge in [-0.15, -0.1) is 0 Å². The maximum atomic E-state index is 13.5. The van der Waals surface area contributed by atoms with E-state index < -0.39 is 23.7 Å². The first kappa shape index (κ1) is 17.0. The monoisotopic (exact) mass is 380 g/mol. The van der Waals surface area contributed by atoms with Gasteiger partial charge in [-0.05, 0) is 37.3 Å². The number of hydrogen-bond acceptors (Lipinski definition) is 3. The predicted molar refractivity (Wildman–Crippen MR) is 86.2 cm³/mol. The third kappa shape index (κ3) is 4.79. The quantitative estimate of drug-likeness (QED) is 0.801. The number of carbonyl (C=O) groups is 2. The summed E-state index contributed by atoms with van der Waals surface area (Å²) in [5.74, 6) is -1.67. The molecule has 0 bridgehead atoms. The first-order chi connectivity index (χ1) is 11.0. The van der Waals surface area contributed by atoms with Crippen LogP contribution in [0.2, 0.25) is 0 Å². The molecule has 0 radical (unpaired) electrons.